The molecule has 0 saturated carbocycles. The number of unbranched alkanes of at least 4 members (excludes halogenated alkanes) is 1. The molecule has 17 heavy (non-hydrogen) atoms. The van der Waals surface area contributed by atoms with Crippen molar-refractivity contribution in [2.75, 3.05) is 7.11 Å². The summed E-state index contributed by atoms with van der Waals surface area (Å²) in [5.74, 6) is -0.388. The van der Waals surface area contributed by atoms with Crippen LogP contribution < -0.4 is 0 Å². The number of esters is 1. The molecular weight excluding hydrogens is 236 g/mol. The van der Waals surface area contributed by atoms with E-state index in [0.29, 0.717) is 11.3 Å². The van der Waals surface area contributed by atoms with Gasteiger partial charge in [-0.1, -0.05) is 38.0 Å². The lowest BCUT2D eigenvalue weighted by Crippen LogP contribution is -2.27. The normalized spacial score (nSPS) is 14.0. The monoisotopic (exact) mass is 254 g/mol. The van der Waals surface area contributed by atoms with Crippen LogP contribution in [0.15, 0.2) is 35.2 Å². The molecule has 0 heterocycles. The van der Waals surface area contributed by atoms with Gasteiger partial charge in [0.05, 0.1) is 17.9 Å². The van der Waals surface area contributed by atoms with E-state index in [2.05, 4.69) is 0 Å². The fourth-order valence-corrected chi connectivity index (χ4v) is 2.96. The predicted molar refractivity (Wildman–Crippen MR) is 68.2 cm³/mol. The smallest absolute Gasteiger partial charge is 0.321 e. The van der Waals surface area contributed by atoms with Crippen molar-refractivity contribution in [2.45, 2.75) is 36.3 Å². The molecule has 0 amide bonds. The van der Waals surface area contributed by atoms with Gasteiger partial charge in [0, 0.05) is 4.90 Å². The summed E-state index contributed by atoms with van der Waals surface area (Å²) in [5.41, 5.74) is 0. The van der Waals surface area contributed by atoms with Crippen molar-refractivity contribution < 1.29 is 13.7 Å². The topological polar surface area (TPSA) is 43.4 Å². The van der Waals surface area contributed by atoms with Gasteiger partial charge in [-0.05, 0) is 18.6 Å². The average molecular weight is 254 g/mol. The van der Waals surface area contributed by atoms with Gasteiger partial charge in [-0.25, -0.2) is 0 Å². The number of carbonyl (C=O) groups is 1. The Hall–Kier alpha value is -1.16. The van der Waals surface area contributed by atoms with Gasteiger partial charge in [-0.3, -0.25) is 9.00 Å². The van der Waals surface area contributed by atoms with Gasteiger partial charge in [-0.15, -0.1) is 0 Å². The van der Waals surface area contributed by atoms with Crippen LogP contribution in [0, 0.1) is 0 Å². The maximum atomic E-state index is 12.3. The Morgan fingerprint density at radius 1 is 1.35 bits per heavy atom. The Labute approximate surface area is 105 Å². The van der Waals surface area contributed by atoms with Crippen molar-refractivity contribution in [1.29, 1.82) is 0 Å². The van der Waals surface area contributed by atoms with Gasteiger partial charge < -0.3 is 4.74 Å². The van der Waals surface area contributed by atoms with Crippen molar-refractivity contribution in [3.63, 3.8) is 0 Å². The number of rotatable bonds is 6. The summed E-state index contributed by atoms with van der Waals surface area (Å²) in [6.07, 6.45) is 2.45. The first kappa shape index (κ1) is 13.9. The quantitative estimate of drug-likeness (QED) is 0.733. The SMILES string of the molecule is CCCCC(C(=O)OC)S(=O)c1ccccc1. The summed E-state index contributed by atoms with van der Waals surface area (Å²) >= 11 is 0. The van der Waals surface area contributed by atoms with E-state index in [4.69, 9.17) is 4.74 Å². The molecule has 1 rings (SSSR count). The molecule has 0 bridgehead atoms. The molecule has 0 N–H and O–H groups in total. The van der Waals surface area contributed by atoms with Crippen molar-refractivity contribution >= 4 is 16.8 Å². The molecule has 0 aliphatic carbocycles. The molecule has 0 aliphatic heterocycles. The summed E-state index contributed by atoms with van der Waals surface area (Å²) in [7, 11) is 0.00959. The van der Waals surface area contributed by atoms with Crippen molar-refractivity contribution in [3.05, 3.63) is 30.3 Å². The molecule has 94 valence electrons. The third kappa shape index (κ3) is 3.97. The minimum atomic E-state index is -1.33. The maximum absolute atomic E-state index is 12.3. The molecule has 4 heteroatoms. The Kier molecular flexibility index (Phi) is 5.91. The number of benzene rings is 1. The lowest BCUT2D eigenvalue weighted by atomic mass is 10.2. The highest BCUT2D eigenvalue weighted by molar-refractivity contribution is 7.86. The van der Waals surface area contributed by atoms with E-state index in [1.807, 2.05) is 25.1 Å². The number of methoxy groups -OCH3 is 1. The van der Waals surface area contributed by atoms with Crippen LogP contribution in [0.5, 0.6) is 0 Å². The van der Waals surface area contributed by atoms with E-state index in [-0.39, 0.29) is 5.97 Å². The predicted octanol–water partition coefficient (Wildman–Crippen LogP) is 2.53. The van der Waals surface area contributed by atoms with Crippen LogP contribution in [-0.4, -0.2) is 22.5 Å². The maximum Gasteiger partial charge on any atom is 0.321 e. The number of hydrogen-bond donors (Lipinski definition) is 0. The van der Waals surface area contributed by atoms with Crippen LogP contribution in [0.3, 0.4) is 0 Å². The molecular formula is C13H18O3S. The molecule has 0 spiro atoms. The average Bonchev–Trinajstić information content (AvgIpc) is 2.39. The molecule has 0 aliphatic rings. The molecule has 0 fully saturated rings. The fourth-order valence-electron chi connectivity index (χ4n) is 1.55. The van der Waals surface area contributed by atoms with E-state index < -0.39 is 16.0 Å². The first-order valence-electron chi connectivity index (χ1n) is 5.74. The Bertz CT molecular complexity index is 376. The largest absolute Gasteiger partial charge is 0.468 e. The zero-order valence-corrected chi connectivity index (χ0v) is 11.0. The first-order valence-corrected chi connectivity index (χ1v) is 6.95. The standard InChI is InChI=1S/C13H18O3S/c1-3-4-10-12(13(14)16-2)17(15)11-8-6-5-7-9-11/h5-9,12H,3-4,10H2,1-2H3. The fraction of sp³-hybridized carbons (Fsp3) is 0.462. The number of hydrogen-bond acceptors (Lipinski definition) is 3. The van der Waals surface area contributed by atoms with E-state index in [0.717, 1.165) is 12.8 Å². The van der Waals surface area contributed by atoms with E-state index in [9.17, 15) is 9.00 Å². The van der Waals surface area contributed by atoms with Gasteiger partial charge in [-0.2, -0.15) is 0 Å². The molecule has 0 radical (unpaired) electrons. The van der Waals surface area contributed by atoms with Crippen LogP contribution in [-0.2, 0) is 20.3 Å². The second-order valence-electron chi connectivity index (χ2n) is 3.76. The molecule has 3 nitrogen and oxygen atoms in total. The first-order chi connectivity index (χ1) is 8.20. The Morgan fingerprint density at radius 2 is 2.00 bits per heavy atom. The van der Waals surface area contributed by atoms with Crippen LogP contribution in [0.25, 0.3) is 0 Å². The van der Waals surface area contributed by atoms with Gasteiger partial charge in [0.1, 0.15) is 5.25 Å². The molecule has 2 unspecified atom stereocenters. The Morgan fingerprint density at radius 3 is 2.53 bits per heavy atom. The zero-order valence-electron chi connectivity index (χ0n) is 10.2. The van der Waals surface area contributed by atoms with Gasteiger partial charge in [0.15, 0.2) is 0 Å². The van der Waals surface area contributed by atoms with Gasteiger partial charge in [0.2, 0.25) is 0 Å². The summed E-state index contributed by atoms with van der Waals surface area (Å²) in [6, 6.07) is 9.05. The van der Waals surface area contributed by atoms with Crippen molar-refractivity contribution in [2.24, 2.45) is 0 Å². The van der Waals surface area contributed by atoms with E-state index in [1.165, 1.54) is 7.11 Å². The highest BCUT2D eigenvalue weighted by Crippen LogP contribution is 2.17. The lowest BCUT2D eigenvalue weighted by molar-refractivity contribution is -0.140. The third-order valence-corrected chi connectivity index (χ3v) is 4.20. The molecule has 2 atom stereocenters. The van der Waals surface area contributed by atoms with Gasteiger partial charge in [0.25, 0.3) is 0 Å². The molecule has 1 aromatic carbocycles. The zero-order chi connectivity index (χ0) is 12.7. The minimum Gasteiger partial charge on any atom is -0.468 e. The highest BCUT2D eigenvalue weighted by atomic mass is 32.2. The number of ether oxygens (including phenoxy) is 1. The highest BCUT2D eigenvalue weighted by Gasteiger charge is 2.26. The lowest BCUT2D eigenvalue weighted by Gasteiger charge is -2.13. The summed E-state index contributed by atoms with van der Waals surface area (Å²) < 4.78 is 17.0. The summed E-state index contributed by atoms with van der Waals surface area (Å²) in [6.45, 7) is 2.04. The second kappa shape index (κ2) is 7.22. The minimum absolute atomic E-state index is 0.388. The van der Waals surface area contributed by atoms with Crippen LogP contribution >= 0.6 is 0 Å². The molecule has 0 aromatic heterocycles. The molecule has 0 saturated heterocycles. The van der Waals surface area contributed by atoms with E-state index >= 15 is 0 Å². The van der Waals surface area contributed by atoms with Gasteiger partial charge >= 0.3 is 5.97 Å². The van der Waals surface area contributed by atoms with Crippen LogP contribution in [0.1, 0.15) is 26.2 Å². The third-order valence-electron chi connectivity index (χ3n) is 2.52. The second-order valence-corrected chi connectivity index (χ2v) is 5.40. The summed E-state index contributed by atoms with van der Waals surface area (Å²) in [4.78, 5) is 12.3. The van der Waals surface area contributed by atoms with Crippen molar-refractivity contribution in [3.8, 4) is 0 Å². The Balaban J connectivity index is 2.83. The number of carbonyl (C=O) groups excluding carboxylic acids is 1. The summed E-state index contributed by atoms with van der Waals surface area (Å²) in [5, 5.41) is -0.553. The van der Waals surface area contributed by atoms with Crippen molar-refractivity contribution in [1.82, 2.24) is 0 Å². The van der Waals surface area contributed by atoms with E-state index in [1.54, 1.807) is 12.1 Å². The van der Waals surface area contributed by atoms with Crippen LogP contribution in [0.4, 0.5) is 0 Å². The van der Waals surface area contributed by atoms with Crippen LogP contribution in [0.2, 0.25) is 0 Å². The molecule has 1 aromatic rings.